The van der Waals surface area contributed by atoms with E-state index < -0.39 is 0 Å². The van der Waals surface area contributed by atoms with E-state index >= 15 is 0 Å². The number of nitrogens with zero attached hydrogens (tertiary/aromatic N) is 4. The van der Waals surface area contributed by atoms with Crippen molar-refractivity contribution in [3.63, 3.8) is 0 Å². The number of aromatic nitrogens is 3. The van der Waals surface area contributed by atoms with E-state index in [1.807, 2.05) is 79.2 Å². The maximum Gasteiger partial charge on any atom is 0.231 e. The van der Waals surface area contributed by atoms with Gasteiger partial charge < -0.3 is 13.8 Å². The Kier molecular flexibility index (Phi) is 4.46. The summed E-state index contributed by atoms with van der Waals surface area (Å²) in [6, 6.07) is 15.5. The maximum atomic E-state index is 13.2. The number of carbonyl (C=O) groups excluding carboxylic acids is 1. The van der Waals surface area contributed by atoms with Gasteiger partial charge in [-0.2, -0.15) is 0 Å². The summed E-state index contributed by atoms with van der Waals surface area (Å²) < 4.78 is 7.21. The first kappa shape index (κ1) is 17.0. The van der Waals surface area contributed by atoms with Crippen molar-refractivity contribution in [3.05, 3.63) is 83.6 Å². The summed E-state index contributed by atoms with van der Waals surface area (Å²) in [7, 11) is 0. The van der Waals surface area contributed by atoms with Crippen LogP contribution >= 0.6 is 0 Å². The third-order valence-corrected chi connectivity index (χ3v) is 4.69. The predicted molar refractivity (Wildman–Crippen MR) is 103 cm³/mol. The standard InChI is InChI=1S/C21H20N4O2/c1-15-19(16(2)27-23-15)12-21(26)25(17-8-4-3-5-9-17)14-18-13-22-20-10-6-7-11-24(18)20/h3-11,13H,12,14H2,1-2H3. The molecule has 0 saturated carbocycles. The van der Waals surface area contributed by atoms with Gasteiger partial charge in [-0.15, -0.1) is 0 Å². The maximum absolute atomic E-state index is 13.2. The summed E-state index contributed by atoms with van der Waals surface area (Å²) in [4.78, 5) is 19.4. The molecule has 0 unspecified atom stereocenters. The smallest absolute Gasteiger partial charge is 0.231 e. The Morgan fingerprint density at radius 2 is 1.89 bits per heavy atom. The van der Waals surface area contributed by atoms with Crippen LogP contribution in [0.4, 0.5) is 5.69 Å². The van der Waals surface area contributed by atoms with Crippen molar-refractivity contribution in [1.82, 2.24) is 14.5 Å². The van der Waals surface area contributed by atoms with Gasteiger partial charge in [0.2, 0.25) is 5.91 Å². The van der Waals surface area contributed by atoms with Crippen LogP contribution in [0.25, 0.3) is 5.65 Å². The van der Waals surface area contributed by atoms with E-state index in [4.69, 9.17) is 4.52 Å². The van der Waals surface area contributed by atoms with Crippen molar-refractivity contribution >= 4 is 17.2 Å². The molecule has 0 aliphatic heterocycles. The Hall–Kier alpha value is -3.41. The first-order valence-electron chi connectivity index (χ1n) is 8.81. The number of para-hydroxylation sites is 1. The Morgan fingerprint density at radius 1 is 1.11 bits per heavy atom. The van der Waals surface area contributed by atoms with E-state index in [9.17, 15) is 4.79 Å². The molecule has 0 spiro atoms. The highest BCUT2D eigenvalue weighted by atomic mass is 16.5. The fourth-order valence-corrected chi connectivity index (χ4v) is 3.20. The topological polar surface area (TPSA) is 63.6 Å². The molecular weight excluding hydrogens is 340 g/mol. The number of hydrogen-bond acceptors (Lipinski definition) is 4. The molecule has 0 aliphatic rings. The Labute approximate surface area is 157 Å². The van der Waals surface area contributed by atoms with E-state index in [1.54, 1.807) is 4.90 Å². The summed E-state index contributed by atoms with van der Waals surface area (Å²) in [5.74, 6) is 0.671. The van der Waals surface area contributed by atoms with Gasteiger partial charge in [0.05, 0.1) is 30.6 Å². The number of pyridine rings is 1. The van der Waals surface area contributed by atoms with Gasteiger partial charge in [0.1, 0.15) is 11.4 Å². The van der Waals surface area contributed by atoms with Crippen LogP contribution in [-0.4, -0.2) is 20.4 Å². The fourth-order valence-electron chi connectivity index (χ4n) is 3.20. The summed E-state index contributed by atoms with van der Waals surface area (Å²) in [6.07, 6.45) is 4.01. The minimum absolute atomic E-state index is 0.0125. The lowest BCUT2D eigenvalue weighted by Crippen LogP contribution is -2.32. The molecule has 3 aromatic heterocycles. The molecular formula is C21H20N4O2. The summed E-state index contributed by atoms with van der Waals surface area (Å²) in [5.41, 5.74) is 4.25. The number of carbonyl (C=O) groups is 1. The number of aryl methyl sites for hydroxylation is 2. The summed E-state index contributed by atoms with van der Waals surface area (Å²) in [6.45, 7) is 4.12. The first-order valence-corrected chi connectivity index (χ1v) is 8.81. The average molecular weight is 360 g/mol. The lowest BCUT2D eigenvalue weighted by molar-refractivity contribution is -0.118. The van der Waals surface area contributed by atoms with Crippen molar-refractivity contribution in [2.75, 3.05) is 4.90 Å². The van der Waals surface area contributed by atoms with Crippen molar-refractivity contribution in [3.8, 4) is 0 Å². The van der Waals surface area contributed by atoms with Gasteiger partial charge >= 0.3 is 0 Å². The van der Waals surface area contributed by atoms with Crippen LogP contribution in [0.2, 0.25) is 0 Å². The molecule has 6 heteroatoms. The lowest BCUT2D eigenvalue weighted by Gasteiger charge is -2.23. The highest BCUT2D eigenvalue weighted by Gasteiger charge is 2.21. The zero-order valence-electron chi connectivity index (χ0n) is 15.3. The molecule has 0 atom stereocenters. The van der Waals surface area contributed by atoms with Crippen molar-refractivity contribution in [2.24, 2.45) is 0 Å². The van der Waals surface area contributed by atoms with Gasteiger partial charge in [-0.1, -0.05) is 29.4 Å². The van der Waals surface area contributed by atoms with Crippen molar-refractivity contribution in [1.29, 1.82) is 0 Å². The quantitative estimate of drug-likeness (QED) is 0.544. The largest absolute Gasteiger partial charge is 0.361 e. The number of benzene rings is 1. The number of rotatable bonds is 5. The molecule has 4 rings (SSSR count). The average Bonchev–Trinajstić information content (AvgIpc) is 3.25. The van der Waals surface area contributed by atoms with Crippen LogP contribution in [0.3, 0.4) is 0 Å². The Morgan fingerprint density at radius 3 is 2.63 bits per heavy atom. The highest BCUT2D eigenvalue weighted by molar-refractivity contribution is 5.94. The Balaban J connectivity index is 1.68. The molecule has 0 bridgehead atoms. The van der Waals surface area contributed by atoms with Crippen LogP contribution in [0.1, 0.15) is 22.7 Å². The molecule has 0 saturated heterocycles. The molecule has 136 valence electrons. The predicted octanol–water partition coefficient (Wildman–Crippen LogP) is 3.72. The van der Waals surface area contributed by atoms with Gasteiger partial charge in [-0.25, -0.2) is 4.98 Å². The SMILES string of the molecule is Cc1noc(C)c1CC(=O)N(Cc1cnc2ccccn12)c1ccccc1. The molecule has 6 nitrogen and oxygen atoms in total. The number of anilines is 1. The molecule has 1 aromatic carbocycles. The van der Waals surface area contributed by atoms with Gasteiger partial charge in [0, 0.05) is 17.4 Å². The van der Waals surface area contributed by atoms with E-state index in [-0.39, 0.29) is 12.3 Å². The molecule has 27 heavy (non-hydrogen) atoms. The number of hydrogen-bond donors (Lipinski definition) is 0. The van der Waals surface area contributed by atoms with E-state index in [2.05, 4.69) is 10.1 Å². The van der Waals surface area contributed by atoms with Crippen LogP contribution in [-0.2, 0) is 17.8 Å². The lowest BCUT2D eigenvalue weighted by atomic mass is 10.1. The normalized spacial score (nSPS) is 11.0. The zero-order chi connectivity index (χ0) is 18.8. The third kappa shape index (κ3) is 3.33. The second-order valence-corrected chi connectivity index (χ2v) is 6.47. The molecule has 0 aliphatic carbocycles. The van der Waals surface area contributed by atoms with Crippen molar-refractivity contribution in [2.45, 2.75) is 26.8 Å². The summed E-state index contributed by atoms with van der Waals surface area (Å²) >= 11 is 0. The minimum Gasteiger partial charge on any atom is -0.361 e. The van der Waals surface area contributed by atoms with E-state index in [1.165, 1.54) is 0 Å². The molecule has 4 aromatic rings. The fraction of sp³-hybridized carbons (Fsp3) is 0.190. The molecule has 0 radical (unpaired) electrons. The van der Waals surface area contributed by atoms with Crippen molar-refractivity contribution < 1.29 is 9.32 Å². The zero-order valence-corrected chi connectivity index (χ0v) is 15.3. The van der Waals surface area contributed by atoms with Gasteiger partial charge in [0.15, 0.2) is 0 Å². The van der Waals surface area contributed by atoms with E-state index in [0.29, 0.717) is 12.3 Å². The number of amides is 1. The van der Waals surface area contributed by atoms with Gasteiger partial charge in [-0.3, -0.25) is 4.79 Å². The minimum atomic E-state index is -0.0125. The second-order valence-electron chi connectivity index (χ2n) is 6.47. The van der Waals surface area contributed by atoms with Crippen LogP contribution in [0, 0.1) is 13.8 Å². The second kappa shape index (κ2) is 7.07. The van der Waals surface area contributed by atoms with Crippen LogP contribution in [0.5, 0.6) is 0 Å². The molecule has 3 heterocycles. The monoisotopic (exact) mass is 360 g/mol. The Bertz CT molecular complexity index is 1060. The third-order valence-electron chi connectivity index (χ3n) is 4.69. The number of imidazole rings is 1. The summed E-state index contributed by atoms with van der Waals surface area (Å²) in [5, 5.41) is 3.96. The van der Waals surface area contributed by atoms with Gasteiger partial charge in [0.25, 0.3) is 0 Å². The molecule has 0 fully saturated rings. The number of fused-ring (bicyclic) bond motifs is 1. The highest BCUT2D eigenvalue weighted by Crippen LogP contribution is 2.21. The first-order chi connectivity index (χ1) is 13.1. The van der Waals surface area contributed by atoms with Gasteiger partial charge in [-0.05, 0) is 38.1 Å². The molecule has 0 N–H and O–H groups in total. The molecule has 1 amide bonds. The van der Waals surface area contributed by atoms with Crippen LogP contribution < -0.4 is 4.90 Å². The van der Waals surface area contributed by atoms with E-state index in [0.717, 1.165) is 28.3 Å². The van der Waals surface area contributed by atoms with Crippen LogP contribution in [0.15, 0.2) is 65.4 Å².